The Kier molecular flexibility index (Phi) is 18.8. The van der Waals surface area contributed by atoms with Gasteiger partial charge in [0.05, 0.1) is 16.6 Å². The summed E-state index contributed by atoms with van der Waals surface area (Å²) in [5, 5.41) is 13.4. The molecule has 0 aliphatic heterocycles. The van der Waals surface area contributed by atoms with Gasteiger partial charge in [-0.3, -0.25) is 0 Å². The summed E-state index contributed by atoms with van der Waals surface area (Å²) < 4.78 is 46.1. The summed E-state index contributed by atoms with van der Waals surface area (Å²) in [5.41, 5.74) is 41.4. The molecule has 141 heavy (non-hydrogen) atoms. The van der Waals surface area contributed by atoms with Crippen LogP contribution in [0.25, 0.3) is 282 Å². The van der Waals surface area contributed by atoms with Gasteiger partial charge in [-0.25, -0.2) is 0 Å². The predicted octanol–water partition coefficient (Wildman–Crippen LogP) is 37.3. The van der Waals surface area contributed by atoms with Gasteiger partial charge in [-0.15, -0.1) is 0 Å². The summed E-state index contributed by atoms with van der Waals surface area (Å²) in [5.74, 6) is 0. The van der Waals surface area contributed by atoms with Crippen molar-refractivity contribution in [3.05, 3.63) is 491 Å². The van der Waals surface area contributed by atoms with Crippen LogP contribution in [0, 0.1) is 0 Å². The predicted molar refractivity (Wildman–Crippen MR) is 582 cm³/mol. The van der Waals surface area contributed by atoms with Crippen molar-refractivity contribution in [2.45, 2.75) is 0 Å². The van der Waals surface area contributed by atoms with E-state index in [9.17, 15) is 0 Å². The number of nitrogens with zero attached hydrogens (tertiary/aromatic N) is 3. The maximum Gasteiger partial charge on any atom is 0.161 e. The number of benzene rings is 21. The minimum atomic E-state index is 0.882. The van der Waals surface area contributed by atoms with Crippen molar-refractivity contribution in [3.63, 3.8) is 0 Å². The van der Waals surface area contributed by atoms with Gasteiger partial charge in [-0.1, -0.05) is 322 Å². The first kappa shape index (κ1) is 80.5. The molecule has 0 aliphatic rings. The van der Waals surface area contributed by atoms with Crippen LogP contribution in [0.2, 0.25) is 0 Å². The van der Waals surface area contributed by atoms with Crippen molar-refractivity contribution in [3.8, 4) is 117 Å². The second kappa shape index (κ2) is 33.0. The summed E-state index contributed by atoms with van der Waals surface area (Å²) in [7, 11) is 0. The average molecular weight is 1810 g/mol. The minimum Gasteiger partial charge on any atom is -0.456 e. The molecule has 0 fully saturated rings. The molecule has 9 nitrogen and oxygen atoms in total. The van der Waals surface area contributed by atoms with Crippen LogP contribution in [0.1, 0.15) is 0 Å². The van der Waals surface area contributed by atoms with Crippen LogP contribution >= 0.6 is 0 Å². The van der Waals surface area contributed by atoms with E-state index in [1.165, 1.54) is 16.7 Å². The lowest BCUT2D eigenvalue weighted by Crippen LogP contribution is -1.92. The Morgan fingerprint density at radius 3 is 0.851 bits per heavy atom. The van der Waals surface area contributed by atoms with Crippen molar-refractivity contribution in [2.75, 3.05) is 0 Å². The fraction of sp³-hybridized carbons (Fsp3) is 0. The van der Waals surface area contributed by atoms with Crippen LogP contribution < -0.4 is 0 Å². The maximum absolute atomic E-state index is 6.56. The van der Waals surface area contributed by atoms with Crippen molar-refractivity contribution in [1.29, 1.82) is 0 Å². The highest BCUT2D eigenvalue weighted by Gasteiger charge is 2.27. The fourth-order valence-corrected chi connectivity index (χ4v) is 21.6. The molecule has 0 saturated carbocycles. The van der Waals surface area contributed by atoms with Crippen LogP contribution in [0.15, 0.2) is 518 Å². The molecule has 0 atom stereocenters. The van der Waals surface area contributed by atoms with E-state index in [1.54, 1.807) is 0 Å². The van der Waals surface area contributed by atoms with Crippen LogP contribution in [-0.2, 0) is 0 Å². The molecular weight excluding hydrogens is 1720 g/mol. The third-order valence-corrected chi connectivity index (χ3v) is 28.2. The zero-order valence-corrected chi connectivity index (χ0v) is 76.1. The molecule has 30 rings (SSSR count). The molecule has 0 spiro atoms. The van der Waals surface area contributed by atoms with Crippen molar-refractivity contribution < 1.29 is 26.5 Å². The Balaban J connectivity index is 0.000000104. The Labute approximate surface area is 807 Å². The number of hydrogen-bond acceptors (Lipinski definition) is 6. The minimum absolute atomic E-state index is 0.882. The lowest BCUT2D eigenvalue weighted by atomic mass is 9.95. The number of hydrogen-bond donors (Lipinski definition) is 0. The summed E-state index contributed by atoms with van der Waals surface area (Å²) in [6.45, 7) is 0. The molecule has 9 heterocycles. The Morgan fingerprint density at radius 1 is 0.128 bits per heavy atom. The molecular formula is C132H81N3O6. The summed E-state index contributed by atoms with van der Waals surface area (Å²) >= 11 is 0. The van der Waals surface area contributed by atoms with E-state index in [-0.39, 0.29) is 0 Å². The molecule has 0 aliphatic carbocycles. The molecule has 9 aromatic heterocycles. The maximum atomic E-state index is 6.56. The highest BCUT2D eigenvalue weighted by molar-refractivity contribution is 6.22. The van der Waals surface area contributed by atoms with E-state index in [1.807, 2.05) is 18.2 Å². The van der Waals surface area contributed by atoms with Gasteiger partial charge < -0.3 is 40.2 Å². The number of aromatic nitrogens is 3. The Morgan fingerprint density at radius 2 is 0.404 bits per heavy atom. The van der Waals surface area contributed by atoms with Crippen LogP contribution in [0.4, 0.5) is 0 Å². The van der Waals surface area contributed by atoms with Crippen LogP contribution in [-0.4, -0.2) is 13.7 Å². The van der Waals surface area contributed by atoms with Crippen molar-refractivity contribution in [1.82, 2.24) is 13.7 Å². The molecule has 0 unspecified atom stereocenters. The lowest BCUT2D eigenvalue weighted by Gasteiger charge is -2.09. The van der Waals surface area contributed by atoms with Gasteiger partial charge in [-0.2, -0.15) is 0 Å². The number of furan rings is 6. The van der Waals surface area contributed by atoms with E-state index in [4.69, 9.17) is 26.5 Å². The Hall–Kier alpha value is -19.0. The molecule has 660 valence electrons. The van der Waals surface area contributed by atoms with Crippen molar-refractivity contribution in [2.24, 2.45) is 0 Å². The van der Waals surface area contributed by atoms with Crippen LogP contribution in [0.3, 0.4) is 0 Å². The van der Waals surface area contributed by atoms with Crippen LogP contribution in [0.5, 0.6) is 0 Å². The Bertz CT molecular complexity index is 10200. The third-order valence-electron chi connectivity index (χ3n) is 28.2. The van der Waals surface area contributed by atoms with Gasteiger partial charge >= 0.3 is 0 Å². The third kappa shape index (κ3) is 13.5. The number of para-hydroxylation sites is 8. The topological polar surface area (TPSA) is 93.6 Å². The monoisotopic (exact) mass is 1800 g/mol. The van der Waals surface area contributed by atoms with Gasteiger partial charge in [0.25, 0.3) is 0 Å². The molecule has 0 bridgehead atoms. The van der Waals surface area contributed by atoms with Gasteiger partial charge in [0.2, 0.25) is 0 Å². The number of fused-ring (bicyclic) bond motifs is 24. The molecule has 9 heteroatoms. The zero-order chi connectivity index (χ0) is 92.7. The molecule has 21 aromatic carbocycles. The summed E-state index contributed by atoms with van der Waals surface area (Å²) in [6, 6.07) is 173. The summed E-state index contributed by atoms with van der Waals surface area (Å²) in [4.78, 5) is 0. The fourth-order valence-electron chi connectivity index (χ4n) is 21.6. The highest BCUT2D eigenvalue weighted by Crippen LogP contribution is 2.49. The van der Waals surface area contributed by atoms with E-state index >= 15 is 0 Å². The molecule has 30 aromatic rings. The largest absolute Gasteiger partial charge is 0.456 e. The van der Waals surface area contributed by atoms with Gasteiger partial charge in [-0.05, 0) is 259 Å². The number of rotatable bonds is 12. The lowest BCUT2D eigenvalue weighted by molar-refractivity contribution is 0.669. The molecule has 0 saturated heterocycles. The molecule has 0 amide bonds. The first-order chi connectivity index (χ1) is 69.9. The SMILES string of the molecule is c1ccc(-c2ccc3c(c2)oc2cc(-c4cccc(-c5ccc6oc7c8ccccc8n(-c8ccccc8)c7c6c5)c4)ccc23)cc1.c1ccc(-c2ccc3oc4c(-c5cccc(-c6ccc7oc8c9ccccc9n(-c9ccccc9)c8c7c6)c5)cccc4c3c2)cc1.c1ccc(-c2cccc3c2oc2cccc(-c4cccc(-c5ccc6oc7c8ccccc8n(-c8ccccc8)c7c6c5)c4)c23)cc1. The molecule has 0 N–H and O–H groups in total. The van der Waals surface area contributed by atoms with Gasteiger partial charge in [0, 0.05) is 92.8 Å². The zero-order valence-electron chi connectivity index (χ0n) is 76.1. The quantitative estimate of drug-likeness (QED) is 0.121. The van der Waals surface area contributed by atoms with E-state index in [0.717, 1.165) is 265 Å². The smallest absolute Gasteiger partial charge is 0.161 e. The average Bonchev–Trinajstić information content (AvgIpc) is 1.57. The standard InChI is InChI=1S/3C44H27NO2/c1-3-12-28(13-4-1)34-20-10-21-36-41-33(19-11-23-40(41)47-43(34)36)31-15-9-14-29(26-31)30-24-25-39-37(27-30)42-44(46-39)35-18-7-8-22-38(35)45(42)32-16-5-2-6-17-32;1-3-11-28(12-4-1)30-21-23-40-37(26-30)35-19-10-18-34(43(35)46-40)32-14-9-13-29(25-32)31-22-24-41-38(27-31)42-44(47-41)36-17-7-8-20-39(36)45(42)33-15-5-2-6-16-33;1-3-10-28(11-4-1)32-18-21-35-36-22-19-33(27-42(36)46-41(35)26-32)30-13-9-12-29(24-30)31-20-23-40-38(25-31)43-44(47-40)37-16-7-8-17-39(37)45(43)34-14-5-2-6-15-34/h3*1-27H. The highest BCUT2D eigenvalue weighted by atomic mass is 16.4. The van der Waals surface area contributed by atoms with E-state index < -0.39 is 0 Å². The van der Waals surface area contributed by atoms with E-state index in [2.05, 4.69) is 487 Å². The van der Waals surface area contributed by atoms with Gasteiger partial charge in [0.15, 0.2) is 16.7 Å². The van der Waals surface area contributed by atoms with Gasteiger partial charge in [0.1, 0.15) is 66.8 Å². The first-order valence-corrected chi connectivity index (χ1v) is 47.8. The van der Waals surface area contributed by atoms with E-state index in [0.29, 0.717) is 0 Å². The summed E-state index contributed by atoms with van der Waals surface area (Å²) in [6.07, 6.45) is 0. The normalized spacial score (nSPS) is 11.8. The molecule has 0 radical (unpaired) electrons. The first-order valence-electron chi connectivity index (χ1n) is 47.8. The second-order valence-corrected chi connectivity index (χ2v) is 36.4. The second-order valence-electron chi connectivity index (χ2n) is 36.4. The van der Waals surface area contributed by atoms with Crippen molar-refractivity contribution >= 4 is 165 Å².